The largest absolute Gasteiger partial charge is 0.468 e. The topological polar surface area (TPSA) is 53.7 Å². The summed E-state index contributed by atoms with van der Waals surface area (Å²) in [6, 6.07) is 3.68. The molecular formula is C10H13NO3. The lowest BCUT2D eigenvalue weighted by Crippen LogP contribution is -2.28. The van der Waals surface area contributed by atoms with Crippen LogP contribution in [0.25, 0.3) is 0 Å². The smallest absolute Gasteiger partial charge is 0.124 e. The summed E-state index contributed by atoms with van der Waals surface area (Å²) in [6.45, 7) is 1.18. The molecule has 0 spiro atoms. The normalized spacial score (nSPS) is 28.1. The van der Waals surface area contributed by atoms with Crippen LogP contribution in [0.3, 0.4) is 0 Å². The average Bonchev–Trinajstić information content (AvgIpc) is 2.78. The molecule has 0 radical (unpaired) electrons. The Balaban J connectivity index is 1.96. The van der Waals surface area contributed by atoms with Crippen molar-refractivity contribution < 1.29 is 14.3 Å². The van der Waals surface area contributed by atoms with Crippen LogP contribution in [-0.4, -0.2) is 29.1 Å². The van der Waals surface area contributed by atoms with Gasteiger partial charge >= 0.3 is 0 Å². The van der Waals surface area contributed by atoms with Crippen LogP contribution in [0, 0.1) is 5.92 Å². The number of hydrogen-bond donors (Lipinski definition) is 1. The molecule has 1 N–H and O–H groups in total. The van der Waals surface area contributed by atoms with Crippen LogP contribution in [0.15, 0.2) is 22.8 Å². The second-order valence-electron chi connectivity index (χ2n) is 3.62. The summed E-state index contributed by atoms with van der Waals surface area (Å²) in [5, 5.41) is 9.61. The summed E-state index contributed by atoms with van der Waals surface area (Å²) in [5.41, 5.74) is 0. The third kappa shape index (κ3) is 1.86. The minimum Gasteiger partial charge on any atom is -0.468 e. The Morgan fingerprint density at radius 3 is 3.14 bits per heavy atom. The summed E-state index contributed by atoms with van der Waals surface area (Å²) in [7, 11) is 0. The van der Waals surface area contributed by atoms with E-state index < -0.39 is 6.23 Å². The highest BCUT2D eigenvalue weighted by Gasteiger charge is 2.30. The van der Waals surface area contributed by atoms with Gasteiger partial charge in [0, 0.05) is 12.5 Å². The Labute approximate surface area is 82.1 Å². The Hall–Kier alpha value is -1.13. The maximum absolute atomic E-state index is 10.5. The molecule has 0 saturated carbocycles. The molecule has 0 aliphatic carbocycles. The van der Waals surface area contributed by atoms with Crippen molar-refractivity contribution in [2.75, 3.05) is 6.54 Å². The van der Waals surface area contributed by atoms with Gasteiger partial charge in [-0.2, -0.15) is 0 Å². The zero-order valence-electron chi connectivity index (χ0n) is 7.80. The molecule has 4 nitrogen and oxygen atoms in total. The number of aliphatic hydroxyl groups is 1. The first-order valence-electron chi connectivity index (χ1n) is 4.69. The number of hydrogen-bond acceptors (Lipinski definition) is 4. The van der Waals surface area contributed by atoms with Gasteiger partial charge in [-0.05, 0) is 18.6 Å². The van der Waals surface area contributed by atoms with Crippen molar-refractivity contribution >= 4 is 6.29 Å². The Kier molecular flexibility index (Phi) is 2.65. The van der Waals surface area contributed by atoms with E-state index in [1.165, 1.54) is 0 Å². The van der Waals surface area contributed by atoms with E-state index >= 15 is 0 Å². The van der Waals surface area contributed by atoms with Crippen molar-refractivity contribution in [3.63, 3.8) is 0 Å². The first-order valence-corrected chi connectivity index (χ1v) is 4.69. The lowest BCUT2D eigenvalue weighted by molar-refractivity contribution is -0.110. The summed E-state index contributed by atoms with van der Waals surface area (Å²) in [6.07, 6.45) is 2.53. The third-order valence-electron chi connectivity index (χ3n) is 2.54. The Morgan fingerprint density at radius 2 is 2.57 bits per heavy atom. The number of likely N-dealkylation sites (tertiary alicyclic amines) is 1. The zero-order chi connectivity index (χ0) is 9.97. The second-order valence-corrected chi connectivity index (χ2v) is 3.62. The highest BCUT2D eigenvalue weighted by Crippen LogP contribution is 2.21. The molecule has 76 valence electrons. The average molecular weight is 195 g/mol. The van der Waals surface area contributed by atoms with Crippen LogP contribution in [0.5, 0.6) is 0 Å². The first kappa shape index (κ1) is 9.43. The van der Waals surface area contributed by atoms with Crippen molar-refractivity contribution in [2.24, 2.45) is 5.92 Å². The number of nitrogens with zero attached hydrogens (tertiary/aromatic N) is 1. The molecule has 0 bridgehead atoms. The van der Waals surface area contributed by atoms with Gasteiger partial charge in [0.2, 0.25) is 0 Å². The molecule has 1 aromatic rings. The predicted molar refractivity (Wildman–Crippen MR) is 49.3 cm³/mol. The lowest BCUT2D eigenvalue weighted by Gasteiger charge is -2.17. The number of aliphatic hydroxyl groups excluding tert-OH is 1. The third-order valence-corrected chi connectivity index (χ3v) is 2.54. The maximum atomic E-state index is 10.5. The molecule has 0 aromatic carbocycles. The van der Waals surface area contributed by atoms with Crippen LogP contribution >= 0.6 is 0 Å². The van der Waals surface area contributed by atoms with E-state index in [1.807, 2.05) is 17.0 Å². The van der Waals surface area contributed by atoms with Crippen molar-refractivity contribution in [1.29, 1.82) is 0 Å². The summed E-state index contributed by atoms with van der Waals surface area (Å²) >= 11 is 0. The van der Waals surface area contributed by atoms with Gasteiger partial charge < -0.3 is 14.3 Å². The number of aldehydes is 1. The molecule has 1 aromatic heterocycles. The number of furan rings is 1. The fraction of sp³-hybridized carbons (Fsp3) is 0.500. The van der Waals surface area contributed by atoms with Crippen LogP contribution in [-0.2, 0) is 11.3 Å². The highest BCUT2D eigenvalue weighted by molar-refractivity contribution is 5.54. The fourth-order valence-corrected chi connectivity index (χ4v) is 1.79. The quantitative estimate of drug-likeness (QED) is 0.718. The minimum absolute atomic E-state index is 0.0417. The Morgan fingerprint density at radius 1 is 1.71 bits per heavy atom. The molecule has 1 aliphatic heterocycles. The van der Waals surface area contributed by atoms with Crippen LogP contribution < -0.4 is 0 Å². The standard InChI is InChI=1S/C10H13NO3/c12-7-8-4-10(13)11(5-8)6-9-2-1-3-14-9/h1-3,7-8,10,13H,4-6H2. The molecule has 2 atom stereocenters. The van der Waals surface area contributed by atoms with Crippen molar-refractivity contribution in [3.05, 3.63) is 24.2 Å². The second kappa shape index (κ2) is 3.94. The van der Waals surface area contributed by atoms with Crippen LogP contribution in [0.2, 0.25) is 0 Å². The van der Waals surface area contributed by atoms with E-state index in [1.54, 1.807) is 6.26 Å². The van der Waals surface area contributed by atoms with E-state index in [9.17, 15) is 9.90 Å². The van der Waals surface area contributed by atoms with Crippen molar-refractivity contribution in [3.8, 4) is 0 Å². The highest BCUT2D eigenvalue weighted by atomic mass is 16.3. The molecule has 2 rings (SSSR count). The summed E-state index contributed by atoms with van der Waals surface area (Å²) < 4.78 is 5.17. The van der Waals surface area contributed by atoms with E-state index in [-0.39, 0.29) is 5.92 Å². The molecule has 0 amide bonds. The molecule has 1 fully saturated rings. The molecule has 2 unspecified atom stereocenters. The SMILES string of the molecule is O=CC1CC(O)N(Cc2ccco2)C1. The van der Waals surface area contributed by atoms with Crippen molar-refractivity contribution in [2.45, 2.75) is 19.2 Å². The summed E-state index contributed by atoms with van der Waals surface area (Å²) in [4.78, 5) is 12.4. The van der Waals surface area contributed by atoms with Crippen LogP contribution in [0.1, 0.15) is 12.2 Å². The minimum atomic E-state index is -0.518. The molecule has 1 aliphatic rings. The van der Waals surface area contributed by atoms with E-state index in [2.05, 4.69) is 0 Å². The number of carbonyl (C=O) groups excluding carboxylic acids is 1. The van der Waals surface area contributed by atoms with Gasteiger partial charge in [-0.1, -0.05) is 0 Å². The van der Waals surface area contributed by atoms with E-state index in [4.69, 9.17) is 4.42 Å². The first-order chi connectivity index (χ1) is 6.79. The van der Waals surface area contributed by atoms with Gasteiger partial charge in [-0.3, -0.25) is 4.90 Å². The maximum Gasteiger partial charge on any atom is 0.124 e. The number of carbonyl (C=O) groups is 1. The lowest BCUT2D eigenvalue weighted by atomic mass is 10.1. The molecular weight excluding hydrogens is 182 g/mol. The van der Waals surface area contributed by atoms with E-state index in [0.717, 1.165) is 12.0 Å². The van der Waals surface area contributed by atoms with Gasteiger partial charge in [0.15, 0.2) is 0 Å². The molecule has 4 heteroatoms. The van der Waals surface area contributed by atoms with Gasteiger partial charge in [0.05, 0.1) is 12.8 Å². The zero-order valence-corrected chi connectivity index (χ0v) is 7.80. The predicted octanol–water partition coefficient (Wildman–Crippen LogP) is 0.619. The molecule has 2 heterocycles. The van der Waals surface area contributed by atoms with Crippen molar-refractivity contribution in [1.82, 2.24) is 4.90 Å². The van der Waals surface area contributed by atoms with Gasteiger partial charge in [0.1, 0.15) is 18.3 Å². The Bertz CT molecular complexity index is 296. The molecule has 14 heavy (non-hydrogen) atoms. The van der Waals surface area contributed by atoms with Gasteiger partial charge in [-0.25, -0.2) is 0 Å². The molecule has 1 saturated heterocycles. The van der Waals surface area contributed by atoms with Gasteiger partial charge in [-0.15, -0.1) is 0 Å². The van der Waals surface area contributed by atoms with E-state index in [0.29, 0.717) is 19.5 Å². The van der Waals surface area contributed by atoms with Crippen LogP contribution in [0.4, 0.5) is 0 Å². The monoisotopic (exact) mass is 195 g/mol. The fourth-order valence-electron chi connectivity index (χ4n) is 1.79. The summed E-state index contributed by atoms with van der Waals surface area (Å²) in [5.74, 6) is 0.774. The van der Waals surface area contributed by atoms with Gasteiger partial charge in [0.25, 0.3) is 0 Å². The number of rotatable bonds is 3.